The van der Waals surface area contributed by atoms with Crippen LogP contribution in [0.25, 0.3) is 0 Å². The Kier molecular flexibility index (Phi) is 3.77. The van der Waals surface area contributed by atoms with Gasteiger partial charge in [-0.1, -0.05) is 13.8 Å². The van der Waals surface area contributed by atoms with E-state index in [2.05, 4.69) is 23.8 Å². The Hall–Kier alpha value is -1.56. The topological polar surface area (TPSA) is 84.2 Å². The van der Waals surface area contributed by atoms with E-state index in [9.17, 15) is 4.79 Å². The third kappa shape index (κ3) is 3.12. The highest BCUT2D eigenvalue weighted by Crippen LogP contribution is 2.25. The van der Waals surface area contributed by atoms with Crippen LogP contribution >= 0.6 is 0 Å². The van der Waals surface area contributed by atoms with Crippen LogP contribution in [0.2, 0.25) is 0 Å². The zero-order valence-electron chi connectivity index (χ0n) is 12.9. The summed E-state index contributed by atoms with van der Waals surface area (Å²) in [5.74, 6) is 1.12. The minimum atomic E-state index is -0.480. The Morgan fingerprint density at radius 2 is 2.05 bits per heavy atom. The van der Waals surface area contributed by atoms with Gasteiger partial charge in [-0.15, -0.1) is 0 Å². The number of amides is 1. The second-order valence-electron chi connectivity index (χ2n) is 6.65. The Morgan fingerprint density at radius 1 is 1.40 bits per heavy atom. The van der Waals surface area contributed by atoms with E-state index in [0.717, 1.165) is 17.2 Å². The number of nitrogens with zero attached hydrogens (tertiary/aromatic N) is 2. The maximum absolute atomic E-state index is 12.0. The SMILES string of the molecule is CC(C)C(N)c1nc2c([nH]1)CN(C(=O)OC(C)(C)C)C2. The van der Waals surface area contributed by atoms with Crippen molar-refractivity contribution >= 4 is 6.09 Å². The Bertz CT molecular complexity index is 478. The van der Waals surface area contributed by atoms with E-state index < -0.39 is 5.60 Å². The first-order chi connectivity index (χ1) is 9.17. The molecule has 20 heavy (non-hydrogen) atoms. The molecule has 1 aliphatic rings. The summed E-state index contributed by atoms with van der Waals surface area (Å²) in [5.41, 5.74) is 7.45. The van der Waals surface area contributed by atoms with Gasteiger partial charge in [0.05, 0.1) is 30.5 Å². The number of aromatic amines is 1. The average molecular weight is 280 g/mol. The molecule has 0 radical (unpaired) electrons. The summed E-state index contributed by atoms with van der Waals surface area (Å²) < 4.78 is 5.36. The van der Waals surface area contributed by atoms with Gasteiger partial charge in [0, 0.05) is 0 Å². The lowest BCUT2D eigenvalue weighted by Gasteiger charge is -2.24. The number of ether oxygens (including phenoxy) is 1. The fourth-order valence-electron chi connectivity index (χ4n) is 2.09. The Balaban J connectivity index is 2.03. The molecule has 6 nitrogen and oxygen atoms in total. The first-order valence-electron chi connectivity index (χ1n) is 6.98. The lowest BCUT2D eigenvalue weighted by molar-refractivity contribution is 0.0238. The zero-order valence-corrected chi connectivity index (χ0v) is 12.9. The lowest BCUT2D eigenvalue weighted by Crippen LogP contribution is -2.33. The van der Waals surface area contributed by atoms with E-state index in [1.165, 1.54) is 0 Å². The van der Waals surface area contributed by atoms with E-state index in [4.69, 9.17) is 10.5 Å². The van der Waals surface area contributed by atoms with Gasteiger partial charge in [-0.3, -0.25) is 4.90 Å². The predicted molar refractivity (Wildman–Crippen MR) is 75.8 cm³/mol. The van der Waals surface area contributed by atoms with Gasteiger partial charge in [-0.05, 0) is 26.7 Å². The van der Waals surface area contributed by atoms with Gasteiger partial charge in [-0.25, -0.2) is 9.78 Å². The van der Waals surface area contributed by atoms with Crippen LogP contribution in [0.3, 0.4) is 0 Å². The van der Waals surface area contributed by atoms with E-state index >= 15 is 0 Å². The van der Waals surface area contributed by atoms with Crippen molar-refractivity contribution in [3.8, 4) is 0 Å². The minimum Gasteiger partial charge on any atom is -0.444 e. The molecule has 0 aliphatic carbocycles. The van der Waals surface area contributed by atoms with Gasteiger partial charge in [-0.2, -0.15) is 0 Å². The van der Waals surface area contributed by atoms with E-state index in [1.54, 1.807) is 4.90 Å². The van der Waals surface area contributed by atoms with Gasteiger partial charge in [0.25, 0.3) is 0 Å². The van der Waals surface area contributed by atoms with E-state index in [0.29, 0.717) is 19.0 Å². The molecule has 2 heterocycles. The maximum Gasteiger partial charge on any atom is 0.410 e. The largest absolute Gasteiger partial charge is 0.444 e. The number of imidazole rings is 1. The molecule has 1 aromatic rings. The molecule has 1 amide bonds. The molecule has 0 aromatic carbocycles. The molecule has 2 rings (SSSR count). The average Bonchev–Trinajstić information content (AvgIpc) is 2.82. The predicted octanol–water partition coefficient (Wildman–Crippen LogP) is 2.32. The summed E-state index contributed by atoms with van der Waals surface area (Å²) >= 11 is 0. The highest BCUT2D eigenvalue weighted by atomic mass is 16.6. The number of hydrogen-bond donors (Lipinski definition) is 2. The molecule has 0 bridgehead atoms. The van der Waals surface area contributed by atoms with Crippen LogP contribution in [0.1, 0.15) is 57.9 Å². The number of rotatable bonds is 2. The van der Waals surface area contributed by atoms with Crippen molar-refractivity contribution in [3.05, 3.63) is 17.2 Å². The normalized spacial score (nSPS) is 16.4. The monoisotopic (exact) mass is 280 g/mol. The number of H-pyrrole nitrogens is 1. The van der Waals surface area contributed by atoms with Crippen molar-refractivity contribution in [2.45, 2.75) is 59.4 Å². The summed E-state index contributed by atoms with van der Waals surface area (Å²) in [6.45, 7) is 10.7. The summed E-state index contributed by atoms with van der Waals surface area (Å²) in [4.78, 5) is 21.4. The molecule has 0 saturated carbocycles. The summed E-state index contributed by atoms with van der Waals surface area (Å²) in [5, 5.41) is 0. The second-order valence-corrected chi connectivity index (χ2v) is 6.65. The standard InChI is InChI=1S/C14H24N4O2/c1-8(2)11(15)12-16-9-6-18(7-10(9)17-12)13(19)20-14(3,4)5/h8,11H,6-7,15H2,1-5H3,(H,16,17). The third-order valence-corrected chi connectivity index (χ3v) is 3.26. The highest BCUT2D eigenvalue weighted by molar-refractivity contribution is 5.69. The van der Waals surface area contributed by atoms with E-state index in [1.807, 2.05) is 20.8 Å². The van der Waals surface area contributed by atoms with Crippen LogP contribution in [-0.4, -0.2) is 26.6 Å². The van der Waals surface area contributed by atoms with Crippen molar-refractivity contribution in [1.29, 1.82) is 0 Å². The van der Waals surface area contributed by atoms with Crippen LogP contribution in [0.5, 0.6) is 0 Å². The second kappa shape index (κ2) is 5.09. The molecule has 6 heteroatoms. The van der Waals surface area contributed by atoms with Crippen molar-refractivity contribution < 1.29 is 9.53 Å². The molecule has 1 aliphatic heterocycles. The van der Waals surface area contributed by atoms with Crippen LogP contribution in [0.4, 0.5) is 4.79 Å². The Morgan fingerprint density at radius 3 is 2.55 bits per heavy atom. The molecule has 0 fully saturated rings. The Labute approximate surface area is 119 Å². The number of carbonyl (C=O) groups is 1. The van der Waals surface area contributed by atoms with E-state index in [-0.39, 0.29) is 12.1 Å². The molecule has 112 valence electrons. The number of hydrogen-bond acceptors (Lipinski definition) is 4. The molecule has 3 N–H and O–H groups in total. The highest BCUT2D eigenvalue weighted by Gasteiger charge is 2.31. The fraction of sp³-hybridized carbons (Fsp3) is 0.714. The van der Waals surface area contributed by atoms with Crippen molar-refractivity contribution in [2.75, 3.05) is 0 Å². The molecule has 1 atom stereocenters. The molecule has 1 unspecified atom stereocenters. The first kappa shape index (κ1) is 14.8. The quantitative estimate of drug-likeness (QED) is 0.870. The number of carbonyl (C=O) groups excluding carboxylic acids is 1. The van der Waals surface area contributed by atoms with Gasteiger partial charge in [0.15, 0.2) is 0 Å². The van der Waals surface area contributed by atoms with Crippen LogP contribution < -0.4 is 5.73 Å². The van der Waals surface area contributed by atoms with Crippen molar-refractivity contribution in [3.63, 3.8) is 0 Å². The molecule has 0 spiro atoms. The van der Waals surface area contributed by atoms with Gasteiger partial charge in [0.1, 0.15) is 11.4 Å². The first-order valence-corrected chi connectivity index (χ1v) is 6.98. The molecular weight excluding hydrogens is 256 g/mol. The van der Waals surface area contributed by atoms with Crippen molar-refractivity contribution in [1.82, 2.24) is 14.9 Å². The summed E-state index contributed by atoms with van der Waals surface area (Å²) in [6.07, 6.45) is -0.307. The molecular formula is C14H24N4O2. The lowest BCUT2D eigenvalue weighted by atomic mass is 10.1. The van der Waals surface area contributed by atoms with Crippen LogP contribution in [-0.2, 0) is 17.8 Å². The molecule has 1 aromatic heterocycles. The maximum atomic E-state index is 12.0. The van der Waals surface area contributed by atoms with Crippen LogP contribution in [0, 0.1) is 5.92 Å². The minimum absolute atomic E-state index is 0.101. The summed E-state index contributed by atoms with van der Waals surface area (Å²) in [6, 6.07) is -0.101. The smallest absolute Gasteiger partial charge is 0.410 e. The third-order valence-electron chi connectivity index (χ3n) is 3.26. The fourth-order valence-corrected chi connectivity index (χ4v) is 2.09. The number of nitrogens with two attached hydrogens (primary N) is 1. The number of nitrogens with one attached hydrogen (secondary N) is 1. The number of aromatic nitrogens is 2. The van der Waals surface area contributed by atoms with Crippen molar-refractivity contribution in [2.24, 2.45) is 11.7 Å². The zero-order chi connectivity index (χ0) is 15.1. The van der Waals surface area contributed by atoms with Gasteiger partial charge >= 0.3 is 6.09 Å². The summed E-state index contributed by atoms with van der Waals surface area (Å²) in [7, 11) is 0. The number of fused-ring (bicyclic) bond motifs is 1. The van der Waals surface area contributed by atoms with Gasteiger partial charge < -0.3 is 15.5 Å². The van der Waals surface area contributed by atoms with Gasteiger partial charge in [0.2, 0.25) is 0 Å². The van der Waals surface area contributed by atoms with Crippen LogP contribution in [0.15, 0.2) is 0 Å². The molecule has 0 saturated heterocycles.